The molecular weight excluding hydrogens is 260 g/mol. The molecule has 1 heterocycles. The minimum Gasteiger partial charge on any atom is -0.258 e. The summed E-state index contributed by atoms with van der Waals surface area (Å²) in [6.07, 6.45) is -10.6. The molecular formula is C6H3F6N3O2. The van der Waals surface area contributed by atoms with Gasteiger partial charge in [0.05, 0.1) is 4.92 Å². The summed E-state index contributed by atoms with van der Waals surface area (Å²) in [6, 6.07) is 0. The maximum absolute atomic E-state index is 12.3. The molecule has 0 radical (unpaired) electrons. The van der Waals surface area contributed by atoms with Crippen LogP contribution in [-0.4, -0.2) is 14.7 Å². The van der Waals surface area contributed by atoms with Gasteiger partial charge in [0, 0.05) is 7.05 Å². The molecule has 0 spiro atoms. The Hall–Kier alpha value is -1.81. The molecule has 0 saturated heterocycles. The molecule has 0 aliphatic rings. The first-order chi connectivity index (χ1) is 7.46. The quantitative estimate of drug-likeness (QED) is 0.444. The molecule has 1 aromatic heterocycles. The van der Waals surface area contributed by atoms with E-state index < -0.39 is 34.4 Å². The van der Waals surface area contributed by atoms with E-state index in [1.54, 1.807) is 0 Å². The first kappa shape index (κ1) is 13.3. The van der Waals surface area contributed by atoms with E-state index in [2.05, 4.69) is 5.10 Å². The largest absolute Gasteiger partial charge is 0.442 e. The van der Waals surface area contributed by atoms with Gasteiger partial charge in [-0.1, -0.05) is 0 Å². The number of nitrogens with zero attached hydrogens (tertiary/aromatic N) is 3. The van der Waals surface area contributed by atoms with E-state index in [1.165, 1.54) is 0 Å². The van der Waals surface area contributed by atoms with Gasteiger partial charge in [-0.25, -0.2) is 0 Å². The number of hydrogen-bond donors (Lipinski definition) is 0. The van der Waals surface area contributed by atoms with Crippen LogP contribution in [0.25, 0.3) is 0 Å². The van der Waals surface area contributed by atoms with E-state index >= 15 is 0 Å². The molecule has 0 aliphatic heterocycles. The molecule has 1 rings (SSSR count). The van der Waals surface area contributed by atoms with Crippen LogP contribution in [0.3, 0.4) is 0 Å². The molecule has 0 amide bonds. The Morgan fingerprint density at radius 3 is 1.94 bits per heavy atom. The van der Waals surface area contributed by atoms with Crippen molar-refractivity contribution < 1.29 is 31.3 Å². The lowest BCUT2D eigenvalue weighted by Crippen LogP contribution is -2.14. The van der Waals surface area contributed by atoms with Crippen LogP contribution in [0.15, 0.2) is 0 Å². The molecule has 1 aromatic rings. The smallest absolute Gasteiger partial charge is 0.258 e. The first-order valence-electron chi connectivity index (χ1n) is 3.82. The third kappa shape index (κ3) is 2.31. The number of aryl methyl sites for hydroxylation is 1. The Kier molecular flexibility index (Phi) is 2.81. The molecule has 11 heteroatoms. The number of halogens is 6. The number of alkyl halides is 6. The minimum atomic E-state index is -5.33. The van der Waals surface area contributed by atoms with Crippen molar-refractivity contribution in [3.05, 3.63) is 21.5 Å². The summed E-state index contributed by atoms with van der Waals surface area (Å²) in [6.45, 7) is 0. The second-order valence-corrected chi connectivity index (χ2v) is 2.92. The van der Waals surface area contributed by atoms with E-state index in [9.17, 15) is 36.5 Å². The summed E-state index contributed by atoms with van der Waals surface area (Å²) in [5.41, 5.74) is -6.31. The van der Waals surface area contributed by atoms with Crippen LogP contribution < -0.4 is 0 Å². The molecule has 0 unspecified atom stereocenters. The van der Waals surface area contributed by atoms with Gasteiger partial charge in [0.15, 0.2) is 0 Å². The van der Waals surface area contributed by atoms with Crippen LogP contribution in [0.4, 0.5) is 32.0 Å². The standard InChI is InChI=1S/C6H3F6N3O2/c1-14-4(6(10,11)12)2(15(16)17)3(13-14)5(7,8)9/h1H3. The lowest BCUT2D eigenvalue weighted by atomic mass is 10.2. The Balaban J connectivity index is 3.64. The monoisotopic (exact) mass is 263 g/mol. The van der Waals surface area contributed by atoms with Crippen LogP contribution in [0, 0.1) is 10.1 Å². The van der Waals surface area contributed by atoms with Gasteiger partial charge in [-0.05, 0) is 0 Å². The van der Waals surface area contributed by atoms with E-state index in [1.807, 2.05) is 0 Å². The number of hydrogen-bond acceptors (Lipinski definition) is 3. The molecule has 96 valence electrons. The van der Waals surface area contributed by atoms with Crippen LogP contribution in [0.5, 0.6) is 0 Å². The Morgan fingerprint density at radius 1 is 1.18 bits per heavy atom. The number of aromatic nitrogens is 2. The first-order valence-corrected chi connectivity index (χ1v) is 3.82. The molecule has 0 saturated carbocycles. The van der Waals surface area contributed by atoms with Gasteiger partial charge in [-0.3, -0.25) is 14.8 Å². The lowest BCUT2D eigenvalue weighted by Gasteiger charge is -2.05. The maximum Gasteiger partial charge on any atom is 0.442 e. The Bertz CT molecular complexity index is 460. The van der Waals surface area contributed by atoms with Gasteiger partial charge in [0.2, 0.25) is 11.4 Å². The second-order valence-electron chi connectivity index (χ2n) is 2.92. The maximum atomic E-state index is 12.3. The van der Waals surface area contributed by atoms with Crippen LogP contribution in [0.2, 0.25) is 0 Å². The molecule has 0 bridgehead atoms. The van der Waals surface area contributed by atoms with E-state index in [4.69, 9.17) is 0 Å². The van der Waals surface area contributed by atoms with Crippen molar-refractivity contribution in [2.24, 2.45) is 7.05 Å². The lowest BCUT2D eigenvalue weighted by molar-refractivity contribution is -0.391. The van der Waals surface area contributed by atoms with Gasteiger partial charge >= 0.3 is 18.0 Å². The molecule has 0 aliphatic carbocycles. The highest BCUT2D eigenvalue weighted by Crippen LogP contribution is 2.43. The van der Waals surface area contributed by atoms with Crippen molar-refractivity contribution >= 4 is 5.69 Å². The fourth-order valence-corrected chi connectivity index (χ4v) is 1.19. The van der Waals surface area contributed by atoms with Crippen molar-refractivity contribution in [3.63, 3.8) is 0 Å². The average molecular weight is 263 g/mol. The third-order valence-corrected chi connectivity index (χ3v) is 1.74. The van der Waals surface area contributed by atoms with Crippen molar-refractivity contribution in [1.29, 1.82) is 0 Å². The molecule has 5 nitrogen and oxygen atoms in total. The van der Waals surface area contributed by atoms with Crippen LogP contribution in [0.1, 0.15) is 11.4 Å². The molecule has 0 aromatic carbocycles. The summed E-state index contributed by atoms with van der Waals surface area (Å²) in [5, 5.41) is 12.8. The molecule has 0 N–H and O–H groups in total. The molecule has 17 heavy (non-hydrogen) atoms. The van der Waals surface area contributed by atoms with Crippen molar-refractivity contribution in [3.8, 4) is 0 Å². The Labute approximate surface area is 88.8 Å². The van der Waals surface area contributed by atoms with Gasteiger partial charge in [-0.2, -0.15) is 31.4 Å². The Morgan fingerprint density at radius 2 is 1.65 bits per heavy atom. The topological polar surface area (TPSA) is 61.0 Å². The van der Waals surface area contributed by atoms with Gasteiger partial charge < -0.3 is 0 Å². The zero-order valence-electron chi connectivity index (χ0n) is 7.93. The van der Waals surface area contributed by atoms with Gasteiger partial charge in [0.1, 0.15) is 0 Å². The third-order valence-electron chi connectivity index (χ3n) is 1.74. The summed E-state index contributed by atoms with van der Waals surface area (Å²) >= 11 is 0. The minimum absolute atomic E-state index is 0.207. The zero-order chi connectivity index (χ0) is 13.6. The fraction of sp³-hybridized carbons (Fsp3) is 0.500. The number of nitro groups is 1. The number of rotatable bonds is 1. The second kappa shape index (κ2) is 3.60. The predicted molar refractivity (Wildman–Crippen MR) is 39.9 cm³/mol. The molecule has 0 fully saturated rings. The van der Waals surface area contributed by atoms with Gasteiger partial charge in [0.25, 0.3) is 0 Å². The summed E-state index contributed by atoms with van der Waals surface area (Å²) in [7, 11) is 0.547. The fourth-order valence-electron chi connectivity index (χ4n) is 1.19. The highest BCUT2D eigenvalue weighted by molar-refractivity contribution is 5.44. The van der Waals surface area contributed by atoms with E-state index in [-0.39, 0.29) is 4.68 Å². The van der Waals surface area contributed by atoms with Crippen molar-refractivity contribution in [1.82, 2.24) is 9.78 Å². The van der Waals surface area contributed by atoms with Crippen molar-refractivity contribution in [2.45, 2.75) is 12.4 Å². The van der Waals surface area contributed by atoms with Crippen LogP contribution >= 0.6 is 0 Å². The molecule has 0 atom stereocenters. The summed E-state index contributed by atoms with van der Waals surface area (Å²) < 4.78 is 73.5. The van der Waals surface area contributed by atoms with E-state index in [0.717, 1.165) is 0 Å². The normalized spacial score (nSPS) is 12.9. The van der Waals surface area contributed by atoms with Crippen LogP contribution in [-0.2, 0) is 19.4 Å². The highest BCUT2D eigenvalue weighted by atomic mass is 19.4. The van der Waals surface area contributed by atoms with Gasteiger partial charge in [-0.15, -0.1) is 0 Å². The zero-order valence-corrected chi connectivity index (χ0v) is 7.93. The SMILES string of the molecule is Cn1nc(C(F)(F)F)c([N+](=O)[O-])c1C(F)(F)F. The van der Waals surface area contributed by atoms with E-state index in [0.29, 0.717) is 7.05 Å². The average Bonchev–Trinajstić information content (AvgIpc) is 2.40. The predicted octanol–water partition coefficient (Wildman–Crippen LogP) is 2.37. The summed E-state index contributed by atoms with van der Waals surface area (Å²) in [4.78, 5) is 8.55. The van der Waals surface area contributed by atoms with Crippen molar-refractivity contribution in [2.75, 3.05) is 0 Å². The highest BCUT2D eigenvalue weighted by Gasteiger charge is 2.51. The summed E-state index contributed by atoms with van der Waals surface area (Å²) in [5.74, 6) is 0.